The lowest BCUT2D eigenvalue weighted by Gasteiger charge is -2.59. The van der Waals surface area contributed by atoms with E-state index in [1.54, 1.807) is 13.0 Å². The van der Waals surface area contributed by atoms with Crippen LogP contribution in [0.15, 0.2) is 36.4 Å². The van der Waals surface area contributed by atoms with Gasteiger partial charge in [0.1, 0.15) is 11.7 Å². The largest absolute Gasteiger partial charge is 0.458 e. The number of fused-ring (bicyclic) bond motifs is 3. The van der Waals surface area contributed by atoms with Gasteiger partial charge in [-0.15, -0.1) is 0 Å². The molecule has 6 heteroatoms. The molecule has 1 aromatic rings. The highest BCUT2D eigenvalue weighted by molar-refractivity contribution is 5.96. The molecule has 0 amide bonds. The predicted octanol–water partition coefficient (Wildman–Crippen LogP) is 3.38. The first-order valence-electron chi connectivity index (χ1n) is 12.9. The van der Waals surface area contributed by atoms with Crippen LogP contribution in [0.4, 0.5) is 0 Å². The van der Waals surface area contributed by atoms with Gasteiger partial charge in [0.2, 0.25) is 0 Å². The number of ketones is 1. The highest BCUT2D eigenvalue weighted by Gasteiger charge is 2.79. The summed E-state index contributed by atoms with van der Waals surface area (Å²) in [5.41, 5.74) is -3.32. The molecule has 0 aliphatic heterocycles. The lowest BCUT2D eigenvalue weighted by molar-refractivity contribution is -0.231. The van der Waals surface area contributed by atoms with Crippen molar-refractivity contribution in [3.8, 4) is 0 Å². The first kappa shape index (κ1) is 24.7. The number of Topliss-reactive ketones (excluding diaryl/α,β-unsaturated/α-hetero) is 1. The number of aliphatic hydroxyl groups excluding tert-OH is 2. The van der Waals surface area contributed by atoms with Crippen LogP contribution < -0.4 is 0 Å². The van der Waals surface area contributed by atoms with Gasteiger partial charge in [-0.25, -0.2) is 4.79 Å². The van der Waals surface area contributed by atoms with Crippen LogP contribution in [0.1, 0.15) is 59.4 Å². The fraction of sp³-hybridized carbons (Fsp3) is 0.655. The molecule has 5 rings (SSSR count). The number of ether oxygens (including phenoxy) is 1. The Morgan fingerprint density at radius 2 is 1.71 bits per heavy atom. The summed E-state index contributed by atoms with van der Waals surface area (Å²) < 4.78 is 5.82. The molecule has 35 heavy (non-hydrogen) atoms. The molecule has 1 aromatic carbocycles. The predicted molar refractivity (Wildman–Crippen MR) is 131 cm³/mol. The quantitative estimate of drug-likeness (QED) is 0.451. The Balaban J connectivity index is 1.46. The van der Waals surface area contributed by atoms with Crippen LogP contribution >= 0.6 is 0 Å². The molecule has 4 aliphatic rings. The monoisotopic (exact) mass is 482 g/mol. The maximum absolute atomic E-state index is 14.2. The van der Waals surface area contributed by atoms with Gasteiger partial charge in [-0.05, 0) is 61.0 Å². The second-order valence-corrected chi connectivity index (χ2v) is 12.6. The molecular formula is C29H38O6. The third-order valence-electron chi connectivity index (χ3n) is 10.7. The van der Waals surface area contributed by atoms with Crippen molar-refractivity contribution in [2.45, 2.75) is 77.8 Å². The van der Waals surface area contributed by atoms with Crippen LogP contribution in [0, 0.1) is 39.9 Å². The van der Waals surface area contributed by atoms with E-state index in [2.05, 4.69) is 13.8 Å². The Kier molecular flexibility index (Phi) is 5.45. The number of esters is 1. The van der Waals surface area contributed by atoms with Crippen molar-refractivity contribution in [1.29, 1.82) is 0 Å². The Morgan fingerprint density at radius 1 is 1.06 bits per heavy atom. The molecular weight excluding hydrogens is 444 g/mol. The van der Waals surface area contributed by atoms with Crippen LogP contribution in [-0.4, -0.2) is 51.0 Å². The zero-order valence-corrected chi connectivity index (χ0v) is 21.3. The lowest BCUT2D eigenvalue weighted by atomic mass is 9.46. The Hall–Kier alpha value is -2.02. The molecule has 10 atom stereocenters. The summed E-state index contributed by atoms with van der Waals surface area (Å²) in [5.74, 6) is -2.01. The summed E-state index contributed by atoms with van der Waals surface area (Å²) in [6.07, 6.45) is 1.59. The van der Waals surface area contributed by atoms with E-state index in [1.165, 1.54) is 6.08 Å². The maximum atomic E-state index is 14.2. The number of hydrogen-bond acceptors (Lipinski definition) is 6. The van der Waals surface area contributed by atoms with E-state index in [-0.39, 0.29) is 29.6 Å². The van der Waals surface area contributed by atoms with Crippen LogP contribution in [0.2, 0.25) is 0 Å². The average molecular weight is 483 g/mol. The van der Waals surface area contributed by atoms with Crippen molar-refractivity contribution in [2.75, 3.05) is 0 Å². The number of carbonyl (C=O) groups excluding carboxylic acids is 2. The molecule has 4 aliphatic carbocycles. The lowest BCUT2D eigenvalue weighted by Crippen LogP contribution is -2.72. The van der Waals surface area contributed by atoms with Crippen LogP contribution in [0.3, 0.4) is 0 Å². The van der Waals surface area contributed by atoms with Gasteiger partial charge < -0.3 is 20.1 Å². The Morgan fingerprint density at radius 3 is 2.37 bits per heavy atom. The highest BCUT2D eigenvalue weighted by atomic mass is 16.5. The van der Waals surface area contributed by atoms with Gasteiger partial charge in [0.05, 0.1) is 23.5 Å². The van der Waals surface area contributed by atoms with Gasteiger partial charge in [-0.1, -0.05) is 58.0 Å². The SMILES string of the molecule is C[C@H]1C[C@]2(O)C(=O)[C@@]3(C)[C@H](O)[C@@H]4[C@H](CC[C@@]3(C)[C@H](O)[C@H]2[C@H]1OC(=O)C=Cc1ccccc1)C4(C)C. The minimum Gasteiger partial charge on any atom is -0.458 e. The zero-order chi connectivity index (χ0) is 25.6. The van der Waals surface area contributed by atoms with Crippen molar-refractivity contribution in [1.82, 2.24) is 0 Å². The molecule has 4 fully saturated rings. The minimum atomic E-state index is -1.86. The first-order chi connectivity index (χ1) is 16.3. The number of aliphatic hydroxyl groups is 3. The van der Waals surface area contributed by atoms with Crippen molar-refractivity contribution >= 4 is 17.8 Å². The van der Waals surface area contributed by atoms with E-state index in [4.69, 9.17) is 4.74 Å². The maximum Gasteiger partial charge on any atom is 0.331 e. The normalized spacial score (nSPS) is 48.0. The summed E-state index contributed by atoms with van der Waals surface area (Å²) in [6, 6.07) is 9.38. The van der Waals surface area contributed by atoms with E-state index in [1.807, 2.05) is 44.2 Å². The second kappa shape index (κ2) is 7.74. The van der Waals surface area contributed by atoms with Gasteiger partial charge in [-0.2, -0.15) is 0 Å². The third kappa shape index (κ3) is 3.19. The van der Waals surface area contributed by atoms with Crippen molar-refractivity contribution < 1.29 is 29.6 Å². The second-order valence-electron chi connectivity index (χ2n) is 12.6. The average Bonchev–Trinajstić information content (AvgIpc) is 3.30. The van der Waals surface area contributed by atoms with Gasteiger partial charge in [0.15, 0.2) is 5.78 Å². The standard InChI is InChI=1S/C29H38O6/c1-16-15-29(34)21(22(16)35-19(30)12-11-17-9-7-6-8-10-17)23(31)27(4)14-13-18-20(26(18,2)3)24(32)28(27,5)25(29)33/h6-12,16,18,20-24,31-32,34H,13-15H2,1-5H3/t16-,18-,20-,21+,22-,23+,24+,27-,28+,29+/m0/s1. The van der Waals surface area contributed by atoms with Crippen LogP contribution in [0.5, 0.6) is 0 Å². The van der Waals surface area contributed by atoms with E-state index < -0.39 is 52.4 Å². The smallest absolute Gasteiger partial charge is 0.331 e. The summed E-state index contributed by atoms with van der Waals surface area (Å²) in [4.78, 5) is 26.9. The minimum absolute atomic E-state index is 0.0406. The topological polar surface area (TPSA) is 104 Å². The Labute approximate surface area is 207 Å². The molecule has 6 nitrogen and oxygen atoms in total. The molecule has 0 saturated heterocycles. The van der Waals surface area contributed by atoms with E-state index >= 15 is 0 Å². The zero-order valence-electron chi connectivity index (χ0n) is 21.3. The molecule has 0 aromatic heterocycles. The number of hydrogen-bond donors (Lipinski definition) is 3. The van der Waals surface area contributed by atoms with Gasteiger partial charge in [0, 0.05) is 11.5 Å². The molecule has 0 radical (unpaired) electrons. The summed E-state index contributed by atoms with van der Waals surface area (Å²) in [6.45, 7) is 9.68. The number of carbonyl (C=O) groups is 2. The van der Waals surface area contributed by atoms with E-state index in [0.29, 0.717) is 6.42 Å². The van der Waals surface area contributed by atoms with Gasteiger partial charge in [0.25, 0.3) is 0 Å². The third-order valence-corrected chi connectivity index (χ3v) is 10.7. The number of benzene rings is 1. The molecule has 3 N–H and O–H groups in total. The fourth-order valence-electron chi connectivity index (χ4n) is 8.22. The molecule has 0 unspecified atom stereocenters. The van der Waals surface area contributed by atoms with Crippen LogP contribution in [-0.2, 0) is 14.3 Å². The van der Waals surface area contributed by atoms with Crippen molar-refractivity contribution in [3.63, 3.8) is 0 Å². The molecule has 190 valence electrons. The molecule has 0 spiro atoms. The van der Waals surface area contributed by atoms with Crippen LogP contribution in [0.25, 0.3) is 6.08 Å². The molecule has 0 bridgehead atoms. The highest BCUT2D eigenvalue weighted by Crippen LogP contribution is 2.73. The summed E-state index contributed by atoms with van der Waals surface area (Å²) in [7, 11) is 0. The van der Waals surface area contributed by atoms with E-state index in [9.17, 15) is 24.9 Å². The summed E-state index contributed by atoms with van der Waals surface area (Å²) >= 11 is 0. The van der Waals surface area contributed by atoms with Gasteiger partial charge in [-0.3, -0.25) is 4.79 Å². The Bertz CT molecular complexity index is 1060. The van der Waals surface area contributed by atoms with Gasteiger partial charge >= 0.3 is 5.97 Å². The molecule has 0 heterocycles. The van der Waals surface area contributed by atoms with Crippen molar-refractivity contribution in [2.24, 2.45) is 39.9 Å². The summed E-state index contributed by atoms with van der Waals surface area (Å²) in [5, 5.41) is 35.3. The first-order valence-corrected chi connectivity index (χ1v) is 12.9. The number of rotatable bonds is 3. The molecule has 4 saturated carbocycles. The fourth-order valence-corrected chi connectivity index (χ4v) is 8.22. The van der Waals surface area contributed by atoms with E-state index in [0.717, 1.165) is 12.0 Å². The van der Waals surface area contributed by atoms with Crippen molar-refractivity contribution in [3.05, 3.63) is 42.0 Å².